The van der Waals surface area contributed by atoms with Gasteiger partial charge >= 0.3 is 5.97 Å². The summed E-state index contributed by atoms with van der Waals surface area (Å²) in [5, 5.41) is 0.894. The number of methoxy groups -OCH3 is 1. The molecule has 92 valence electrons. The lowest BCUT2D eigenvalue weighted by Gasteiger charge is -2.01. The summed E-state index contributed by atoms with van der Waals surface area (Å²) < 4.78 is 6.67. The van der Waals surface area contributed by atoms with E-state index < -0.39 is 5.97 Å². The van der Waals surface area contributed by atoms with Crippen LogP contribution in [0.3, 0.4) is 0 Å². The monoisotopic (exact) mass is 261 g/mol. The van der Waals surface area contributed by atoms with E-state index in [1.165, 1.54) is 18.4 Å². The van der Waals surface area contributed by atoms with E-state index in [1.54, 1.807) is 6.20 Å². The van der Waals surface area contributed by atoms with Gasteiger partial charge in [-0.2, -0.15) is 0 Å². The van der Waals surface area contributed by atoms with Crippen LogP contribution in [-0.4, -0.2) is 22.5 Å². The lowest BCUT2D eigenvalue weighted by molar-refractivity contribution is 0.0607. The van der Waals surface area contributed by atoms with Crippen LogP contribution in [0.4, 0.5) is 5.69 Å². The molecule has 18 heavy (non-hydrogen) atoms. The van der Waals surface area contributed by atoms with Crippen LogP contribution in [0.1, 0.15) is 15.2 Å². The second kappa shape index (κ2) is 3.71. The number of fused-ring (bicyclic) bond motifs is 3. The zero-order chi connectivity index (χ0) is 12.9. The SMILES string of the molecule is COC(=O)c1sc2c(c(C)cc3nccn32)c1N. The van der Waals surface area contributed by atoms with Crippen LogP contribution in [0.15, 0.2) is 18.5 Å². The van der Waals surface area contributed by atoms with Crippen molar-refractivity contribution in [3.63, 3.8) is 0 Å². The normalized spacial score (nSPS) is 11.2. The van der Waals surface area contributed by atoms with Crippen LogP contribution in [-0.2, 0) is 4.74 Å². The highest BCUT2D eigenvalue weighted by Gasteiger charge is 2.20. The number of carbonyl (C=O) groups is 1. The van der Waals surface area contributed by atoms with Crippen molar-refractivity contribution in [1.29, 1.82) is 0 Å². The summed E-state index contributed by atoms with van der Waals surface area (Å²) in [7, 11) is 1.35. The van der Waals surface area contributed by atoms with Gasteiger partial charge < -0.3 is 10.5 Å². The zero-order valence-corrected chi connectivity index (χ0v) is 10.7. The topological polar surface area (TPSA) is 69.6 Å². The molecule has 5 nitrogen and oxygen atoms in total. The number of ether oxygens (including phenoxy) is 1. The first kappa shape index (κ1) is 11.0. The molecule has 0 aliphatic heterocycles. The maximum atomic E-state index is 11.7. The molecular weight excluding hydrogens is 250 g/mol. The number of carbonyl (C=O) groups excluding carboxylic acids is 1. The Hall–Kier alpha value is -2.08. The quantitative estimate of drug-likeness (QED) is 0.682. The summed E-state index contributed by atoms with van der Waals surface area (Å²) in [6.07, 6.45) is 3.58. The van der Waals surface area contributed by atoms with Crippen LogP contribution in [0.2, 0.25) is 0 Å². The molecule has 0 spiro atoms. The third kappa shape index (κ3) is 1.32. The van der Waals surface area contributed by atoms with Crippen LogP contribution in [0.5, 0.6) is 0 Å². The Morgan fingerprint density at radius 2 is 2.33 bits per heavy atom. The maximum Gasteiger partial charge on any atom is 0.350 e. The van der Waals surface area contributed by atoms with Crippen molar-refractivity contribution in [2.24, 2.45) is 0 Å². The molecule has 3 aromatic heterocycles. The number of pyridine rings is 1. The Kier molecular flexibility index (Phi) is 2.27. The van der Waals surface area contributed by atoms with Crippen molar-refractivity contribution in [3.05, 3.63) is 28.9 Å². The van der Waals surface area contributed by atoms with Crippen LogP contribution < -0.4 is 5.73 Å². The fraction of sp³-hybridized carbons (Fsp3) is 0.167. The van der Waals surface area contributed by atoms with E-state index in [2.05, 4.69) is 4.98 Å². The number of esters is 1. The molecule has 0 aliphatic carbocycles. The minimum Gasteiger partial charge on any atom is -0.465 e. The number of nitrogens with two attached hydrogens (primary N) is 1. The summed E-state index contributed by atoms with van der Waals surface area (Å²) in [6.45, 7) is 1.96. The standard InChI is InChI=1S/C12H11N3O2S/c1-6-5-7-14-3-4-15(7)11-8(6)9(13)10(18-11)12(16)17-2/h3-5H,13H2,1-2H3. The predicted octanol–water partition coefficient (Wildman–Crippen LogP) is 2.23. The lowest BCUT2D eigenvalue weighted by atomic mass is 10.1. The molecule has 0 fully saturated rings. The van der Waals surface area contributed by atoms with Gasteiger partial charge in [0.25, 0.3) is 0 Å². The average molecular weight is 261 g/mol. The van der Waals surface area contributed by atoms with Crippen molar-refractivity contribution >= 4 is 38.9 Å². The van der Waals surface area contributed by atoms with E-state index in [9.17, 15) is 4.79 Å². The Morgan fingerprint density at radius 1 is 1.56 bits per heavy atom. The highest BCUT2D eigenvalue weighted by molar-refractivity contribution is 7.21. The predicted molar refractivity (Wildman–Crippen MR) is 71.1 cm³/mol. The van der Waals surface area contributed by atoms with Crippen LogP contribution in [0.25, 0.3) is 15.9 Å². The van der Waals surface area contributed by atoms with Crippen molar-refractivity contribution in [1.82, 2.24) is 9.38 Å². The summed E-state index contributed by atoms with van der Waals surface area (Å²) in [5.41, 5.74) is 8.39. The van der Waals surface area contributed by atoms with Gasteiger partial charge in [0, 0.05) is 17.8 Å². The second-order valence-corrected chi connectivity index (χ2v) is 5.00. The molecule has 0 amide bonds. The van der Waals surface area contributed by atoms with Gasteiger partial charge in [-0.25, -0.2) is 9.78 Å². The van der Waals surface area contributed by atoms with Crippen molar-refractivity contribution in [2.45, 2.75) is 6.92 Å². The van der Waals surface area contributed by atoms with Gasteiger partial charge in [-0.05, 0) is 18.6 Å². The van der Waals surface area contributed by atoms with Crippen molar-refractivity contribution < 1.29 is 9.53 Å². The van der Waals surface area contributed by atoms with E-state index in [4.69, 9.17) is 10.5 Å². The minimum atomic E-state index is -0.402. The molecule has 3 aromatic rings. The number of aromatic nitrogens is 2. The molecule has 6 heteroatoms. The van der Waals surface area contributed by atoms with Crippen LogP contribution >= 0.6 is 11.3 Å². The number of hydrogen-bond acceptors (Lipinski definition) is 5. The number of aryl methyl sites for hydroxylation is 1. The molecular formula is C12H11N3O2S. The first-order valence-corrected chi connectivity index (χ1v) is 6.18. The zero-order valence-electron chi connectivity index (χ0n) is 9.93. The first-order valence-electron chi connectivity index (χ1n) is 5.36. The number of nitrogens with zero attached hydrogens (tertiary/aromatic N) is 2. The molecule has 0 aliphatic rings. The van der Waals surface area contributed by atoms with Gasteiger partial charge in [0.1, 0.15) is 15.4 Å². The largest absolute Gasteiger partial charge is 0.465 e. The molecule has 0 saturated carbocycles. The minimum absolute atomic E-state index is 0.402. The first-order chi connectivity index (χ1) is 8.63. The van der Waals surface area contributed by atoms with Gasteiger partial charge in [-0.15, -0.1) is 11.3 Å². The second-order valence-electron chi connectivity index (χ2n) is 4.00. The molecule has 0 unspecified atom stereocenters. The van der Waals surface area contributed by atoms with Gasteiger partial charge in [0.05, 0.1) is 12.8 Å². The molecule has 0 aromatic carbocycles. The summed E-state index contributed by atoms with van der Waals surface area (Å²) in [4.78, 5) is 17.3. The number of imidazole rings is 1. The van der Waals surface area contributed by atoms with E-state index in [1.807, 2.05) is 23.6 Å². The Bertz CT molecular complexity index is 772. The van der Waals surface area contributed by atoms with Gasteiger partial charge in [0.2, 0.25) is 0 Å². The third-order valence-corrected chi connectivity index (χ3v) is 4.11. The molecule has 3 rings (SSSR count). The molecule has 0 saturated heterocycles. The number of nitrogen functional groups attached to an aromatic ring is 1. The maximum absolute atomic E-state index is 11.7. The van der Waals surface area contributed by atoms with Crippen molar-refractivity contribution in [2.75, 3.05) is 12.8 Å². The fourth-order valence-corrected chi connectivity index (χ4v) is 3.28. The Labute approximate surface area is 107 Å². The summed E-state index contributed by atoms with van der Waals surface area (Å²) in [6, 6.07) is 1.95. The summed E-state index contributed by atoms with van der Waals surface area (Å²) >= 11 is 1.33. The molecule has 2 N–H and O–H groups in total. The number of thiophene rings is 1. The van der Waals surface area contributed by atoms with Gasteiger partial charge in [0.15, 0.2) is 0 Å². The van der Waals surface area contributed by atoms with E-state index in [0.29, 0.717) is 10.6 Å². The summed E-state index contributed by atoms with van der Waals surface area (Å²) in [5.74, 6) is -0.402. The molecule has 3 heterocycles. The number of anilines is 1. The number of rotatable bonds is 1. The van der Waals surface area contributed by atoms with Crippen LogP contribution in [0, 0.1) is 6.92 Å². The highest BCUT2D eigenvalue weighted by Crippen LogP contribution is 2.36. The molecule has 0 bridgehead atoms. The van der Waals surface area contributed by atoms with Gasteiger partial charge in [-0.3, -0.25) is 4.40 Å². The lowest BCUT2D eigenvalue weighted by Crippen LogP contribution is -2.01. The highest BCUT2D eigenvalue weighted by atomic mass is 32.1. The van der Waals surface area contributed by atoms with E-state index in [0.717, 1.165) is 21.4 Å². The number of hydrogen-bond donors (Lipinski definition) is 1. The smallest absolute Gasteiger partial charge is 0.350 e. The Morgan fingerprint density at radius 3 is 3.06 bits per heavy atom. The molecule has 0 atom stereocenters. The fourth-order valence-electron chi connectivity index (χ4n) is 2.09. The van der Waals surface area contributed by atoms with Crippen molar-refractivity contribution in [3.8, 4) is 0 Å². The van der Waals surface area contributed by atoms with Gasteiger partial charge in [-0.1, -0.05) is 0 Å². The Balaban J connectivity index is 2.48. The van der Waals surface area contributed by atoms with E-state index in [-0.39, 0.29) is 0 Å². The third-order valence-electron chi connectivity index (χ3n) is 2.93. The average Bonchev–Trinajstić information content (AvgIpc) is 2.93. The van der Waals surface area contributed by atoms with E-state index >= 15 is 0 Å². The molecule has 0 radical (unpaired) electrons.